The Morgan fingerprint density at radius 2 is 1.48 bits per heavy atom. The second-order valence-corrected chi connectivity index (χ2v) is 5.34. The number of fused-ring (bicyclic) bond motifs is 1. The summed E-state index contributed by atoms with van der Waals surface area (Å²) in [7, 11) is 1.68. The van der Waals surface area contributed by atoms with E-state index in [-0.39, 0.29) is 0 Å². The summed E-state index contributed by atoms with van der Waals surface area (Å²) in [4.78, 5) is 4.55. The highest BCUT2D eigenvalue weighted by Gasteiger charge is 2.10. The van der Waals surface area contributed by atoms with E-state index in [0.717, 1.165) is 33.9 Å². The maximum atomic E-state index is 5.25. The van der Waals surface area contributed by atoms with Gasteiger partial charge < -0.3 is 4.74 Å². The van der Waals surface area contributed by atoms with Gasteiger partial charge in [-0.3, -0.25) is 4.40 Å². The van der Waals surface area contributed by atoms with Crippen molar-refractivity contribution in [2.45, 2.75) is 0 Å². The molecule has 0 aliphatic rings. The summed E-state index contributed by atoms with van der Waals surface area (Å²) in [5.74, 6) is 0.856. The molecule has 3 nitrogen and oxygen atoms in total. The van der Waals surface area contributed by atoms with Gasteiger partial charge in [-0.2, -0.15) is 0 Å². The zero-order valence-electron chi connectivity index (χ0n) is 12.8. The fourth-order valence-electron chi connectivity index (χ4n) is 2.84. The van der Waals surface area contributed by atoms with Crippen molar-refractivity contribution in [3.8, 4) is 28.3 Å². The van der Waals surface area contributed by atoms with Crippen LogP contribution in [0.1, 0.15) is 0 Å². The van der Waals surface area contributed by atoms with Gasteiger partial charge in [0, 0.05) is 5.56 Å². The number of nitrogens with zero attached hydrogens (tertiary/aromatic N) is 2. The number of ether oxygens (including phenoxy) is 1. The fourth-order valence-corrected chi connectivity index (χ4v) is 2.84. The Labute approximate surface area is 134 Å². The Hall–Kier alpha value is -3.07. The highest BCUT2D eigenvalue weighted by Crippen LogP contribution is 2.28. The Morgan fingerprint density at radius 3 is 2.22 bits per heavy atom. The first kappa shape index (κ1) is 13.6. The van der Waals surface area contributed by atoms with Crippen LogP contribution in [0.25, 0.3) is 28.2 Å². The highest BCUT2D eigenvalue weighted by atomic mass is 16.5. The molecule has 0 aliphatic heterocycles. The predicted molar refractivity (Wildman–Crippen MR) is 92.6 cm³/mol. The molecule has 0 amide bonds. The minimum absolute atomic E-state index is 0.856. The molecule has 0 unspecified atom stereocenters. The number of pyridine rings is 1. The van der Waals surface area contributed by atoms with Crippen LogP contribution in [0, 0.1) is 0 Å². The van der Waals surface area contributed by atoms with Crippen molar-refractivity contribution >= 4 is 5.65 Å². The van der Waals surface area contributed by atoms with Crippen molar-refractivity contribution in [1.29, 1.82) is 0 Å². The standard InChI is InChI=1S/C20H16N2O/c1-23-17-12-10-16(11-13-17)18-8-5-9-20-21-14-19(22(18)20)15-6-3-2-4-7-15/h2-14H,1H3. The molecule has 0 saturated heterocycles. The molecule has 0 atom stereocenters. The van der Waals surface area contributed by atoms with Crippen LogP contribution < -0.4 is 4.74 Å². The number of hydrogen-bond donors (Lipinski definition) is 0. The van der Waals surface area contributed by atoms with Crippen molar-refractivity contribution < 1.29 is 4.74 Å². The summed E-state index contributed by atoms with van der Waals surface area (Å²) in [5, 5.41) is 0. The Morgan fingerprint density at radius 1 is 0.739 bits per heavy atom. The number of methoxy groups -OCH3 is 1. The van der Waals surface area contributed by atoms with Crippen LogP contribution in [0.3, 0.4) is 0 Å². The molecule has 112 valence electrons. The van der Waals surface area contributed by atoms with E-state index in [0.29, 0.717) is 0 Å². The molecule has 2 aromatic heterocycles. The largest absolute Gasteiger partial charge is 0.497 e. The third-order valence-corrected chi connectivity index (χ3v) is 3.98. The Kier molecular flexibility index (Phi) is 3.31. The highest BCUT2D eigenvalue weighted by molar-refractivity contribution is 5.71. The molecule has 0 spiro atoms. The van der Waals surface area contributed by atoms with Crippen molar-refractivity contribution in [2.24, 2.45) is 0 Å². The van der Waals surface area contributed by atoms with E-state index in [9.17, 15) is 0 Å². The zero-order valence-corrected chi connectivity index (χ0v) is 12.8. The maximum Gasteiger partial charge on any atom is 0.137 e. The number of rotatable bonds is 3. The lowest BCUT2D eigenvalue weighted by Gasteiger charge is -2.10. The summed E-state index contributed by atoms with van der Waals surface area (Å²) >= 11 is 0. The quantitative estimate of drug-likeness (QED) is 0.549. The molecule has 23 heavy (non-hydrogen) atoms. The van der Waals surface area contributed by atoms with E-state index in [2.05, 4.69) is 39.7 Å². The molecule has 0 bridgehead atoms. The van der Waals surface area contributed by atoms with Crippen molar-refractivity contribution in [2.75, 3.05) is 7.11 Å². The number of aromatic nitrogens is 2. The van der Waals surface area contributed by atoms with E-state index >= 15 is 0 Å². The first-order valence-corrected chi connectivity index (χ1v) is 7.53. The molecule has 2 aromatic carbocycles. The molecule has 4 aromatic rings. The van der Waals surface area contributed by atoms with Gasteiger partial charge in [0.1, 0.15) is 11.4 Å². The average molecular weight is 300 g/mol. The average Bonchev–Trinajstić information content (AvgIpc) is 3.07. The van der Waals surface area contributed by atoms with Crippen LogP contribution in [-0.4, -0.2) is 16.5 Å². The van der Waals surface area contributed by atoms with Gasteiger partial charge in [0.15, 0.2) is 0 Å². The summed E-state index contributed by atoms with van der Waals surface area (Å²) in [5.41, 5.74) is 5.43. The monoisotopic (exact) mass is 300 g/mol. The molecular weight excluding hydrogens is 284 g/mol. The van der Waals surface area contributed by atoms with E-state index in [4.69, 9.17) is 4.74 Å². The van der Waals surface area contributed by atoms with Crippen LogP contribution in [0.5, 0.6) is 5.75 Å². The van der Waals surface area contributed by atoms with Gasteiger partial charge in [-0.1, -0.05) is 36.4 Å². The third kappa shape index (κ3) is 2.36. The molecule has 3 heteroatoms. The number of imidazole rings is 1. The molecule has 0 saturated carbocycles. The van der Waals surface area contributed by atoms with Crippen molar-refractivity contribution in [3.05, 3.63) is 79.0 Å². The number of benzene rings is 2. The van der Waals surface area contributed by atoms with Crippen molar-refractivity contribution in [1.82, 2.24) is 9.38 Å². The Balaban J connectivity index is 1.94. The molecule has 4 rings (SSSR count). The third-order valence-electron chi connectivity index (χ3n) is 3.98. The van der Waals surface area contributed by atoms with Crippen LogP contribution in [0.4, 0.5) is 0 Å². The van der Waals surface area contributed by atoms with Gasteiger partial charge >= 0.3 is 0 Å². The second kappa shape index (κ2) is 5.61. The lowest BCUT2D eigenvalue weighted by Crippen LogP contribution is -1.94. The minimum atomic E-state index is 0.856. The van der Waals surface area contributed by atoms with Crippen molar-refractivity contribution in [3.63, 3.8) is 0 Å². The van der Waals surface area contributed by atoms with Crippen LogP contribution >= 0.6 is 0 Å². The van der Waals surface area contributed by atoms with E-state index in [1.165, 1.54) is 0 Å². The predicted octanol–water partition coefficient (Wildman–Crippen LogP) is 4.68. The van der Waals surface area contributed by atoms with Gasteiger partial charge in [0.25, 0.3) is 0 Å². The van der Waals surface area contributed by atoms with Gasteiger partial charge in [-0.15, -0.1) is 0 Å². The number of hydrogen-bond acceptors (Lipinski definition) is 2. The minimum Gasteiger partial charge on any atom is -0.497 e. The smallest absolute Gasteiger partial charge is 0.137 e. The van der Waals surface area contributed by atoms with E-state index < -0.39 is 0 Å². The molecule has 0 aliphatic carbocycles. The van der Waals surface area contributed by atoms with Gasteiger partial charge in [0.05, 0.1) is 24.7 Å². The lowest BCUT2D eigenvalue weighted by molar-refractivity contribution is 0.415. The Bertz CT molecular complexity index is 940. The normalized spacial score (nSPS) is 10.8. The van der Waals surface area contributed by atoms with Gasteiger partial charge in [0.2, 0.25) is 0 Å². The van der Waals surface area contributed by atoms with E-state index in [1.54, 1.807) is 7.11 Å². The second-order valence-electron chi connectivity index (χ2n) is 5.34. The summed E-state index contributed by atoms with van der Waals surface area (Å²) in [6, 6.07) is 24.6. The molecule has 0 fully saturated rings. The molecule has 2 heterocycles. The molecular formula is C20H16N2O. The lowest BCUT2D eigenvalue weighted by atomic mass is 10.1. The fraction of sp³-hybridized carbons (Fsp3) is 0.0500. The van der Waals surface area contributed by atoms with Gasteiger partial charge in [-0.05, 0) is 42.0 Å². The van der Waals surface area contributed by atoms with Crippen LogP contribution in [0.2, 0.25) is 0 Å². The van der Waals surface area contributed by atoms with Crippen LogP contribution in [-0.2, 0) is 0 Å². The molecule has 0 N–H and O–H groups in total. The summed E-state index contributed by atoms with van der Waals surface area (Å²) in [6.45, 7) is 0. The first-order valence-electron chi connectivity index (χ1n) is 7.53. The first-order chi connectivity index (χ1) is 11.4. The van der Waals surface area contributed by atoms with Crippen LogP contribution in [0.15, 0.2) is 79.0 Å². The zero-order chi connectivity index (χ0) is 15.6. The summed E-state index contributed by atoms with van der Waals surface area (Å²) < 4.78 is 7.44. The maximum absolute atomic E-state index is 5.25. The topological polar surface area (TPSA) is 26.5 Å². The summed E-state index contributed by atoms with van der Waals surface area (Å²) in [6.07, 6.45) is 1.93. The molecule has 0 radical (unpaired) electrons. The van der Waals surface area contributed by atoms with Gasteiger partial charge in [-0.25, -0.2) is 4.98 Å². The SMILES string of the molecule is COc1ccc(-c2cccc3ncc(-c4ccccc4)n23)cc1. The van der Waals surface area contributed by atoms with E-state index in [1.807, 2.05) is 48.7 Å².